The van der Waals surface area contributed by atoms with Crippen molar-refractivity contribution in [2.75, 3.05) is 5.73 Å². The second-order valence-corrected chi connectivity index (χ2v) is 15.0. The Morgan fingerprint density at radius 2 is 0.690 bits per heavy atom. The van der Waals surface area contributed by atoms with Gasteiger partial charge in [0.15, 0.2) is 11.6 Å². The topological polar surface area (TPSA) is 84.9 Å². The number of alkyl halides is 18. The number of aliphatic imine (C=N–C) groups is 2. The summed E-state index contributed by atoms with van der Waals surface area (Å²) >= 11 is 0. The number of halogens is 18. The van der Waals surface area contributed by atoms with Crippen LogP contribution in [0.15, 0.2) is 125 Å². The van der Waals surface area contributed by atoms with E-state index in [4.69, 9.17) is 5.73 Å². The van der Waals surface area contributed by atoms with Crippen LogP contribution in [0.1, 0.15) is 84.0 Å². The molecule has 71 heavy (non-hydrogen) atoms. The number of benzene rings is 5. The third-order valence-electron chi connectivity index (χ3n) is 9.56. The van der Waals surface area contributed by atoms with Crippen LogP contribution in [0.4, 0.5) is 96.1 Å². The number of ketones is 2. The molecule has 5 nitrogen and oxygen atoms in total. The van der Waals surface area contributed by atoms with Crippen molar-refractivity contribution in [3.63, 3.8) is 0 Å². The van der Waals surface area contributed by atoms with E-state index >= 15 is 0 Å². The molecule has 0 aliphatic carbocycles. The van der Waals surface area contributed by atoms with Crippen LogP contribution in [0.5, 0.6) is 0 Å². The molecule has 0 atom stereocenters. The van der Waals surface area contributed by atoms with E-state index in [0.717, 1.165) is 5.56 Å². The van der Waals surface area contributed by atoms with Gasteiger partial charge in [0.25, 0.3) is 0 Å². The van der Waals surface area contributed by atoms with E-state index in [0.29, 0.717) is 61.2 Å². The first-order valence-corrected chi connectivity index (χ1v) is 20.5. The zero-order valence-corrected chi connectivity index (χ0v) is 36.8. The number of hydrogen-bond acceptors (Lipinski definition) is 5. The van der Waals surface area contributed by atoms with E-state index in [1.165, 1.54) is 6.92 Å². The highest BCUT2D eigenvalue weighted by molar-refractivity contribution is 6.43. The van der Waals surface area contributed by atoms with E-state index in [9.17, 15) is 88.6 Å². The lowest BCUT2D eigenvalue weighted by Gasteiger charge is -2.15. The molecule has 0 amide bonds. The molecule has 5 aromatic carbocycles. The van der Waals surface area contributed by atoms with E-state index in [1.807, 2.05) is 30.3 Å². The normalized spacial score (nSPS) is 12.9. The molecule has 0 saturated carbocycles. The molecule has 0 unspecified atom stereocenters. The van der Waals surface area contributed by atoms with E-state index in [2.05, 4.69) is 9.98 Å². The molecule has 0 bridgehead atoms. The van der Waals surface area contributed by atoms with E-state index < -0.39 is 87.5 Å². The lowest BCUT2D eigenvalue weighted by molar-refractivity contribution is -0.144. The minimum absolute atomic E-state index is 0.0242. The number of anilines is 1. The Labute approximate surface area is 393 Å². The maximum absolute atomic E-state index is 13.4. The molecule has 0 radical (unpaired) electrons. The van der Waals surface area contributed by atoms with Gasteiger partial charge in [-0.3, -0.25) is 19.6 Å². The van der Waals surface area contributed by atoms with Crippen LogP contribution in [0.2, 0.25) is 0 Å². The van der Waals surface area contributed by atoms with Gasteiger partial charge in [0, 0.05) is 18.5 Å². The van der Waals surface area contributed by atoms with Crippen molar-refractivity contribution < 1.29 is 88.6 Å². The van der Waals surface area contributed by atoms with Gasteiger partial charge in [0.1, 0.15) is 0 Å². The Bertz CT molecular complexity index is 2530. The largest absolute Gasteiger partial charge is 0.416 e. The van der Waals surface area contributed by atoms with Gasteiger partial charge in [-0.1, -0.05) is 74.5 Å². The lowest BCUT2D eigenvalue weighted by atomic mass is 10.0. The fourth-order valence-electron chi connectivity index (χ4n) is 6.06. The van der Waals surface area contributed by atoms with Crippen molar-refractivity contribution in [3.8, 4) is 0 Å². The third kappa shape index (κ3) is 19.2. The first-order chi connectivity index (χ1) is 32.6. The molecule has 0 aliphatic heterocycles. The Balaban J connectivity index is 0.000000371. The van der Waals surface area contributed by atoms with Crippen molar-refractivity contribution in [1.29, 1.82) is 0 Å². The molecular weight excluding hydrogens is 993 g/mol. The van der Waals surface area contributed by atoms with Crippen molar-refractivity contribution >= 4 is 40.1 Å². The number of nitrogens with zero attached hydrogens (tertiary/aromatic N) is 2. The zero-order valence-electron chi connectivity index (χ0n) is 36.8. The fourth-order valence-corrected chi connectivity index (χ4v) is 6.06. The number of nitrogens with two attached hydrogens (primary N) is 1. The van der Waals surface area contributed by atoms with E-state index in [1.54, 1.807) is 37.3 Å². The van der Waals surface area contributed by atoms with Gasteiger partial charge in [0.05, 0.1) is 56.2 Å². The monoisotopic (exact) mass is 1030 g/mol. The van der Waals surface area contributed by atoms with Gasteiger partial charge >= 0.3 is 37.1 Å². The number of aryl methyl sites for hydroxylation is 2. The smallest absolute Gasteiger partial charge is 0.399 e. The van der Waals surface area contributed by atoms with Crippen molar-refractivity contribution in [1.82, 2.24) is 0 Å². The van der Waals surface area contributed by atoms with Crippen molar-refractivity contribution in [3.05, 3.63) is 160 Å². The first kappa shape index (κ1) is 58.6. The van der Waals surface area contributed by atoms with Gasteiger partial charge < -0.3 is 5.73 Å². The number of Topliss-reactive ketones (excluding diaryl/α,β-unsaturated/α-hetero) is 2. The Hall–Kier alpha value is -6.68. The summed E-state index contributed by atoms with van der Waals surface area (Å²) in [4.78, 5) is 30.1. The van der Waals surface area contributed by atoms with Crippen LogP contribution in [0, 0.1) is 0 Å². The zero-order chi connectivity index (χ0) is 53.8. The molecule has 23 heteroatoms. The van der Waals surface area contributed by atoms with E-state index in [-0.39, 0.29) is 60.5 Å². The first-order valence-electron chi connectivity index (χ1n) is 20.5. The quantitative estimate of drug-likeness (QED) is 0.0585. The van der Waals surface area contributed by atoms with Crippen LogP contribution < -0.4 is 5.73 Å². The SMILES string of the molecule is CCC(=Nc1cc(C(F)(F)F)cc(C(F)(F)F)c1)C(CCc1ccccc1)=Nc1cc(C(F)(F)F)cc(C(F)(F)F)c1.CCC(=O)C(=O)CCc1ccccc1.Nc1cc(C(F)(F)F)cc(C(F)(F)F)c1. The van der Waals surface area contributed by atoms with Gasteiger partial charge in [-0.2, -0.15) is 79.0 Å². The molecular formula is C48H39F18N3O2. The van der Waals surface area contributed by atoms with Crippen molar-refractivity contribution in [2.24, 2.45) is 9.98 Å². The summed E-state index contributed by atoms with van der Waals surface area (Å²) in [6, 6.07) is 20.2. The second-order valence-electron chi connectivity index (χ2n) is 15.0. The van der Waals surface area contributed by atoms with Gasteiger partial charge in [-0.25, -0.2) is 0 Å². The summed E-state index contributed by atoms with van der Waals surface area (Å²) in [5.41, 5.74) is -5.28. The Kier molecular flexibility index (Phi) is 19.8. The van der Waals surface area contributed by atoms with Gasteiger partial charge in [0.2, 0.25) is 0 Å². The molecule has 5 rings (SSSR count). The molecule has 0 heterocycles. The standard InChI is InChI=1S/C28H20F12N2.C12H14O2.C8H5F6N/c1-2-23(41-21-12-17(25(29,30)31)10-18(13-21)26(32,33)34)24(9-8-16-6-4-3-5-7-16)42-22-14-19(27(35,36)37)11-20(15-22)28(38,39)40;1-2-11(13)12(14)9-8-10-6-4-3-5-7-10;9-7(10,11)4-1-5(8(12,13)14)3-6(15)2-4/h3-7,10-15H,2,8-9H2,1H3;3-7H,2,8-9H2,1H3;1-3H,15H2. The van der Waals surface area contributed by atoms with Crippen LogP contribution in [0.25, 0.3) is 0 Å². The number of carbonyl (C=O) groups excluding carboxylic acids is 2. The average Bonchev–Trinajstić information content (AvgIpc) is 3.27. The minimum Gasteiger partial charge on any atom is -0.399 e. The number of nitrogen functional groups attached to an aromatic ring is 1. The maximum atomic E-state index is 13.4. The highest BCUT2D eigenvalue weighted by Gasteiger charge is 2.39. The van der Waals surface area contributed by atoms with Crippen LogP contribution in [0.3, 0.4) is 0 Å². The third-order valence-corrected chi connectivity index (χ3v) is 9.56. The van der Waals surface area contributed by atoms with Gasteiger partial charge in [-0.15, -0.1) is 0 Å². The highest BCUT2D eigenvalue weighted by Crippen LogP contribution is 2.41. The number of hydrogen-bond donors (Lipinski definition) is 1. The molecule has 0 fully saturated rings. The molecule has 0 spiro atoms. The van der Waals surface area contributed by atoms with Crippen LogP contribution >= 0.6 is 0 Å². The molecule has 2 N–H and O–H groups in total. The summed E-state index contributed by atoms with van der Waals surface area (Å²) in [6.45, 7) is 3.12. The second kappa shape index (κ2) is 24.0. The van der Waals surface area contributed by atoms with Crippen LogP contribution in [-0.4, -0.2) is 23.0 Å². The minimum atomic E-state index is -5.18. The lowest BCUT2D eigenvalue weighted by Crippen LogP contribution is -2.15. The highest BCUT2D eigenvalue weighted by atomic mass is 19.4. The summed E-state index contributed by atoms with van der Waals surface area (Å²) in [7, 11) is 0. The summed E-state index contributed by atoms with van der Waals surface area (Å²) in [5.74, 6) is -0.516. The fraction of sp³-hybridized carbons (Fsp3) is 0.292. The van der Waals surface area contributed by atoms with Crippen LogP contribution in [-0.2, 0) is 59.5 Å². The molecule has 0 aromatic heterocycles. The maximum Gasteiger partial charge on any atom is 0.416 e. The molecule has 5 aromatic rings. The Morgan fingerprint density at radius 1 is 0.394 bits per heavy atom. The summed E-state index contributed by atoms with van der Waals surface area (Å²) < 4.78 is 233. The molecule has 384 valence electrons. The van der Waals surface area contributed by atoms with Crippen molar-refractivity contribution in [2.45, 2.75) is 89.4 Å². The number of rotatable bonds is 12. The predicted octanol–water partition coefficient (Wildman–Crippen LogP) is 16.1. The predicted molar refractivity (Wildman–Crippen MR) is 228 cm³/mol. The molecule has 0 aliphatic rings. The number of carbonyl (C=O) groups is 2. The average molecular weight is 1030 g/mol. The molecule has 0 saturated heterocycles. The summed E-state index contributed by atoms with van der Waals surface area (Å²) in [6.07, 6.45) is -29.3. The van der Waals surface area contributed by atoms with Gasteiger partial charge in [-0.05, 0) is 91.4 Å². The Morgan fingerprint density at radius 3 is 0.986 bits per heavy atom. The summed E-state index contributed by atoms with van der Waals surface area (Å²) in [5, 5.41) is 0.